The van der Waals surface area contributed by atoms with Crippen LogP contribution in [0.5, 0.6) is 0 Å². The Labute approximate surface area is 153 Å². The molecule has 4 N–H and O–H groups in total. The molecule has 2 aromatic carbocycles. The van der Waals surface area contributed by atoms with Gasteiger partial charge in [0.2, 0.25) is 5.91 Å². The van der Waals surface area contributed by atoms with E-state index in [1.807, 2.05) is 48.5 Å². The van der Waals surface area contributed by atoms with E-state index in [0.717, 1.165) is 17.5 Å². The lowest BCUT2D eigenvalue weighted by Gasteiger charge is -2.28. The third-order valence-electron chi connectivity index (χ3n) is 4.56. The van der Waals surface area contributed by atoms with Gasteiger partial charge in [0, 0.05) is 25.7 Å². The second-order valence-corrected chi connectivity index (χ2v) is 6.42. The van der Waals surface area contributed by atoms with E-state index in [-0.39, 0.29) is 24.5 Å². The van der Waals surface area contributed by atoms with E-state index in [1.54, 1.807) is 4.90 Å². The molecule has 3 amide bonds. The van der Waals surface area contributed by atoms with Crippen LogP contribution in [0.1, 0.15) is 22.7 Å². The van der Waals surface area contributed by atoms with Crippen LogP contribution >= 0.6 is 0 Å². The minimum absolute atomic E-state index is 0.0571. The maximum atomic E-state index is 12.3. The van der Waals surface area contributed by atoms with E-state index in [2.05, 4.69) is 16.7 Å². The minimum atomic E-state index is -0.269. The quantitative estimate of drug-likeness (QED) is 0.763. The predicted octanol–water partition coefficient (Wildman–Crippen LogP) is 1.57. The summed E-state index contributed by atoms with van der Waals surface area (Å²) < 4.78 is 0. The van der Waals surface area contributed by atoms with Crippen molar-refractivity contribution < 1.29 is 9.59 Å². The zero-order valence-electron chi connectivity index (χ0n) is 14.7. The molecule has 0 aromatic heterocycles. The highest BCUT2D eigenvalue weighted by atomic mass is 16.2. The number of hydrogen-bond acceptors (Lipinski definition) is 3. The molecule has 0 aliphatic carbocycles. The number of hydrogen-bond donors (Lipinski definition) is 3. The number of benzene rings is 2. The Morgan fingerprint density at radius 1 is 1.00 bits per heavy atom. The smallest absolute Gasteiger partial charge is 0.318 e. The predicted molar refractivity (Wildman–Crippen MR) is 100 cm³/mol. The van der Waals surface area contributed by atoms with Gasteiger partial charge in [-0.2, -0.15) is 0 Å². The summed E-state index contributed by atoms with van der Waals surface area (Å²) in [5.74, 6) is -0.248. The first-order valence-electron chi connectivity index (χ1n) is 8.80. The molecule has 0 spiro atoms. The van der Waals surface area contributed by atoms with E-state index >= 15 is 0 Å². The third kappa shape index (κ3) is 4.61. The van der Waals surface area contributed by atoms with Gasteiger partial charge < -0.3 is 21.3 Å². The zero-order valence-corrected chi connectivity index (χ0v) is 14.7. The van der Waals surface area contributed by atoms with Crippen molar-refractivity contribution in [3.05, 3.63) is 71.3 Å². The highest BCUT2D eigenvalue weighted by Gasteiger charge is 2.20. The van der Waals surface area contributed by atoms with Crippen molar-refractivity contribution in [1.82, 2.24) is 15.5 Å². The van der Waals surface area contributed by atoms with Gasteiger partial charge in [0.1, 0.15) is 0 Å². The van der Waals surface area contributed by atoms with E-state index < -0.39 is 0 Å². The summed E-state index contributed by atoms with van der Waals surface area (Å²) in [4.78, 5) is 26.0. The molecule has 0 saturated heterocycles. The van der Waals surface area contributed by atoms with Crippen LogP contribution in [0.4, 0.5) is 4.79 Å². The molecule has 0 fully saturated rings. The Morgan fingerprint density at radius 3 is 2.46 bits per heavy atom. The molecule has 6 nitrogen and oxygen atoms in total. The average Bonchev–Trinajstić information content (AvgIpc) is 2.70. The maximum Gasteiger partial charge on any atom is 0.318 e. The van der Waals surface area contributed by atoms with Crippen molar-refractivity contribution in [3.8, 4) is 0 Å². The molecule has 1 unspecified atom stereocenters. The number of rotatable bonds is 5. The summed E-state index contributed by atoms with van der Waals surface area (Å²) in [5.41, 5.74) is 9.45. The number of amides is 3. The Balaban J connectivity index is 1.41. The highest BCUT2D eigenvalue weighted by molar-refractivity contribution is 5.84. The lowest BCUT2D eigenvalue weighted by atomic mass is 10.0. The van der Waals surface area contributed by atoms with Crippen molar-refractivity contribution in [2.24, 2.45) is 5.73 Å². The summed E-state index contributed by atoms with van der Waals surface area (Å²) in [6.45, 7) is 1.50. The van der Waals surface area contributed by atoms with Crippen LogP contribution < -0.4 is 16.4 Å². The molecule has 2 aromatic rings. The lowest BCUT2D eigenvalue weighted by Crippen LogP contribution is -2.46. The summed E-state index contributed by atoms with van der Waals surface area (Å²) in [7, 11) is 0. The van der Waals surface area contributed by atoms with E-state index in [1.165, 1.54) is 5.56 Å². The Morgan fingerprint density at radius 2 is 1.69 bits per heavy atom. The Hall–Kier alpha value is -2.86. The van der Waals surface area contributed by atoms with E-state index in [4.69, 9.17) is 5.73 Å². The number of urea groups is 1. The van der Waals surface area contributed by atoms with Crippen LogP contribution in [-0.4, -0.2) is 36.5 Å². The second kappa shape index (κ2) is 8.49. The summed E-state index contributed by atoms with van der Waals surface area (Å²) >= 11 is 0. The summed E-state index contributed by atoms with van der Waals surface area (Å²) in [6.07, 6.45) is 0.835. The molecule has 0 radical (unpaired) electrons. The maximum absolute atomic E-state index is 12.3. The van der Waals surface area contributed by atoms with Crippen LogP contribution in [0.25, 0.3) is 0 Å². The van der Waals surface area contributed by atoms with E-state index in [0.29, 0.717) is 19.6 Å². The standard InChI is InChI=1S/C20H24N4O2/c21-18(16-7-2-1-3-8-16)12-22-19(25)13-23-20(26)24-11-10-15-6-4-5-9-17(15)14-24/h1-9,18H,10-14,21H2,(H,22,25)(H,23,26). The van der Waals surface area contributed by atoms with Gasteiger partial charge in [0.15, 0.2) is 0 Å². The van der Waals surface area contributed by atoms with Gasteiger partial charge in [0.25, 0.3) is 0 Å². The molecule has 3 rings (SSSR count). The monoisotopic (exact) mass is 352 g/mol. The van der Waals surface area contributed by atoms with Crippen LogP contribution in [-0.2, 0) is 17.8 Å². The Kier molecular flexibility index (Phi) is 5.86. The normalized spacial score (nSPS) is 14.3. The molecule has 1 aliphatic rings. The lowest BCUT2D eigenvalue weighted by molar-refractivity contribution is -0.120. The first kappa shape index (κ1) is 17.9. The van der Waals surface area contributed by atoms with Crippen LogP contribution in [0.2, 0.25) is 0 Å². The molecule has 1 aliphatic heterocycles. The van der Waals surface area contributed by atoms with Gasteiger partial charge in [-0.15, -0.1) is 0 Å². The number of carbonyl (C=O) groups is 2. The number of nitrogens with zero attached hydrogens (tertiary/aromatic N) is 1. The third-order valence-corrected chi connectivity index (χ3v) is 4.56. The summed E-state index contributed by atoms with van der Waals surface area (Å²) in [6, 6.07) is 17.2. The minimum Gasteiger partial charge on any atom is -0.353 e. The van der Waals surface area contributed by atoms with Gasteiger partial charge in [-0.05, 0) is 23.1 Å². The molecule has 26 heavy (non-hydrogen) atoms. The first-order chi connectivity index (χ1) is 12.6. The molecular weight excluding hydrogens is 328 g/mol. The first-order valence-corrected chi connectivity index (χ1v) is 8.80. The van der Waals surface area contributed by atoms with Crippen molar-refractivity contribution in [1.29, 1.82) is 0 Å². The number of fused-ring (bicyclic) bond motifs is 1. The fourth-order valence-electron chi connectivity index (χ4n) is 3.04. The fourth-order valence-corrected chi connectivity index (χ4v) is 3.04. The molecule has 6 heteroatoms. The average molecular weight is 352 g/mol. The van der Waals surface area contributed by atoms with E-state index in [9.17, 15) is 9.59 Å². The molecule has 0 saturated carbocycles. The second-order valence-electron chi connectivity index (χ2n) is 6.42. The largest absolute Gasteiger partial charge is 0.353 e. The number of nitrogens with one attached hydrogen (secondary N) is 2. The van der Waals surface area contributed by atoms with Gasteiger partial charge in [-0.25, -0.2) is 4.79 Å². The zero-order chi connectivity index (χ0) is 18.4. The highest BCUT2D eigenvalue weighted by Crippen LogP contribution is 2.18. The van der Waals surface area contributed by atoms with Crippen molar-refractivity contribution in [2.75, 3.05) is 19.6 Å². The van der Waals surface area contributed by atoms with Gasteiger partial charge in [-0.3, -0.25) is 4.79 Å². The summed E-state index contributed by atoms with van der Waals surface area (Å²) in [5, 5.41) is 5.44. The molecule has 136 valence electrons. The topological polar surface area (TPSA) is 87.5 Å². The van der Waals surface area contributed by atoms with Gasteiger partial charge >= 0.3 is 6.03 Å². The number of carbonyl (C=O) groups excluding carboxylic acids is 2. The van der Waals surface area contributed by atoms with Gasteiger partial charge in [0.05, 0.1) is 6.54 Å². The molecular formula is C20H24N4O2. The molecule has 1 atom stereocenters. The molecule has 1 heterocycles. The fraction of sp³-hybridized carbons (Fsp3) is 0.300. The SMILES string of the molecule is NC(CNC(=O)CNC(=O)N1CCc2ccccc2C1)c1ccccc1. The van der Waals surface area contributed by atoms with Gasteiger partial charge in [-0.1, -0.05) is 54.6 Å². The van der Waals surface area contributed by atoms with Crippen molar-refractivity contribution in [3.63, 3.8) is 0 Å². The van der Waals surface area contributed by atoms with Crippen molar-refractivity contribution >= 4 is 11.9 Å². The van der Waals surface area contributed by atoms with Crippen molar-refractivity contribution in [2.45, 2.75) is 19.0 Å². The molecule has 0 bridgehead atoms. The van der Waals surface area contributed by atoms with Crippen LogP contribution in [0.15, 0.2) is 54.6 Å². The van der Waals surface area contributed by atoms with Crippen LogP contribution in [0.3, 0.4) is 0 Å². The Bertz CT molecular complexity index is 763. The number of nitrogens with two attached hydrogens (primary N) is 1. The van der Waals surface area contributed by atoms with Crippen LogP contribution in [0, 0.1) is 0 Å².